The van der Waals surface area contributed by atoms with Crippen LogP contribution in [0.2, 0.25) is 0 Å². The summed E-state index contributed by atoms with van der Waals surface area (Å²) in [4.78, 5) is 58.5. The average molecular weight is 1760 g/mol. The van der Waals surface area contributed by atoms with Crippen LogP contribution in [0.25, 0.3) is 0 Å². The number of fused-ring (bicyclic) bond motifs is 2. The van der Waals surface area contributed by atoms with Crippen molar-refractivity contribution in [3.8, 4) is 0 Å². The first-order valence-corrected chi connectivity index (χ1v) is 45.1. The second-order valence-electron chi connectivity index (χ2n) is 29.3. The van der Waals surface area contributed by atoms with Gasteiger partial charge in [0.15, 0.2) is 5.41 Å². The molecule has 37 heteroatoms. The van der Waals surface area contributed by atoms with Crippen LogP contribution in [0.15, 0.2) is 0 Å². The second kappa shape index (κ2) is 84.5. The summed E-state index contributed by atoms with van der Waals surface area (Å²) in [5.74, 6) is -1.63. The molecule has 0 spiro atoms. The maximum atomic E-state index is 12.2. The highest BCUT2D eigenvalue weighted by molar-refractivity contribution is 5.98. The summed E-state index contributed by atoms with van der Waals surface area (Å²) in [5.41, 5.74) is 0.543. The first kappa shape index (κ1) is 112. The predicted octanol–water partition coefficient (Wildman–Crippen LogP) is 6.92. The largest absolute Gasteiger partial charge is 0.481 e. The van der Waals surface area contributed by atoms with Crippen molar-refractivity contribution in [2.45, 2.75) is 161 Å². The van der Waals surface area contributed by atoms with Crippen LogP contribution in [0.3, 0.4) is 0 Å². The van der Waals surface area contributed by atoms with Gasteiger partial charge in [-0.3, -0.25) is 19.2 Å². The van der Waals surface area contributed by atoms with Crippen LogP contribution >= 0.6 is 0 Å². The van der Waals surface area contributed by atoms with Crippen LogP contribution in [0.5, 0.6) is 0 Å². The molecule has 0 aliphatic heterocycles. The third-order valence-corrected chi connectivity index (χ3v) is 20.0. The molecule has 1 aromatic rings. The van der Waals surface area contributed by atoms with Crippen molar-refractivity contribution < 1.29 is 153 Å². The van der Waals surface area contributed by atoms with Gasteiger partial charge in [-0.2, -0.15) is 0 Å². The van der Waals surface area contributed by atoms with E-state index < -0.39 is 23.3 Å². The van der Waals surface area contributed by atoms with Gasteiger partial charge in [0.2, 0.25) is 5.91 Å². The SMILES string of the molecule is CNC(=O)OC[C@@H]1[C@@H]2CCc3nnn(CCOCCOCCOCCOCCOCCOCCOCCOCCOCCOCCOCCOCCOCCOCCOCCOCCOCCOCCOCCOCCOCCOCCOCCNC(=O)CCCCCCCCCCC(CCCCCCCCCCC(=O)O)(C(=O)O)C(=O)O)c3CC[C@@H]21. The minimum Gasteiger partial charge on any atom is -0.481 e. The normalized spacial score (nSPS) is 14.5. The number of rotatable bonds is 98. The van der Waals surface area contributed by atoms with Gasteiger partial charge in [0, 0.05) is 26.4 Å². The fraction of sp³-hybridized carbons (Fsp3) is 0.918. The lowest BCUT2D eigenvalue weighted by molar-refractivity contribution is -0.166. The number of alkyl carbamates (subject to hydrolysis) is 1. The van der Waals surface area contributed by atoms with Crippen molar-refractivity contribution in [3.63, 3.8) is 0 Å². The van der Waals surface area contributed by atoms with E-state index >= 15 is 0 Å². The highest BCUT2D eigenvalue weighted by Gasteiger charge is 2.50. The van der Waals surface area contributed by atoms with E-state index in [1.807, 2.05) is 4.68 Å². The molecule has 122 heavy (non-hydrogen) atoms. The molecule has 0 radical (unpaired) electrons. The number of aliphatic carboxylic acids is 3. The van der Waals surface area contributed by atoms with Crippen LogP contribution in [0.1, 0.15) is 153 Å². The first-order valence-electron chi connectivity index (χ1n) is 45.1. The maximum absolute atomic E-state index is 12.2. The zero-order valence-electron chi connectivity index (χ0n) is 73.9. The Labute approximate surface area is 725 Å². The molecule has 0 unspecified atom stereocenters. The number of aryl methyl sites for hydroxylation is 1. The zero-order chi connectivity index (χ0) is 87.3. The summed E-state index contributed by atoms with van der Waals surface area (Å²) < 4.78 is 135. The van der Waals surface area contributed by atoms with Crippen molar-refractivity contribution in [3.05, 3.63) is 11.4 Å². The molecule has 1 aromatic heterocycles. The third kappa shape index (κ3) is 66.7. The molecule has 714 valence electrons. The average Bonchev–Trinajstić information content (AvgIpc) is 1.61. The van der Waals surface area contributed by atoms with E-state index in [-0.39, 0.29) is 31.3 Å². The quantitative estimate of drug-likeness (QED) is 0.0326. The maximum Gasteiger partial charge on any atom is 0.406 e. The summed E-state index contributed by atoms with van der Waals surface area (Å²) in [6.07, 6.45) is 18.3. The highest BCUT2D eigenvalue weighted by Crippen LogP contribution is 2.53. The number of nitrogens with zero attached hydrogens (tertiary/aromatic N) is 3. The van der Waals surface area contributed by atoms with Gasteiger partial charge in [0.25, 0.3) is 0 Å². The van der Waals surface area contributed by atoms with E-state index in [0.29, 0.717) is 367 Å². The monoisotopic (exact) mass is 1760 g/mol. The number of unbranched alkanes of at least 4 members (excludes halogenated alkanes) is 14. The molecular formula is C85H157N5O32. The van der Waals surface area contributed by atoms with Crippen LogP contribution in [-0.2, 0) is 152 Å². The Bertz CT molecular complexity index is 2530. The van der Waals surface area contributed by atoms with E-state index in [0.717, 1.165) is 115 Å². The van der Waals surface area contributed by atoms with E-state index in [2.05, 4.69) is 20.9 Å². The molecule has 0 aromatic carbocycles. The molecule has 3 atom stereocenters. The number of carboxylic acid groups (broad SMARTS) is 3. The van der Waals surface area contributed by atoms with Crippen molar-refractivity contribution in [2.24, 2.45) is 23.2 Å². The fourth-order valence-electron chi connectivity index (χ4n) is 13.1. The second-order valence-corrected chi connectivity index (χ2v) is 29.3. The first-order chi connectivity index (χ1) is 60.1. The Kier molecular flexibility index (Phi) is 77.3. The van der Waals surface area contributed by atoms with E-state index in [4.69, 9.17) is 119 Å². The standard InChI is InChI=1S/C85H157N5O32/c1-86-84(98)122-74-77-75-20-22-78-79(23-21-76(75)77)90(89-88-78)27-29-100-31-33-102-35-37-104-39-41-106-43-45-108-47-49-110-51-53-112-55-57-114-59-61-116-63-65-118-67-69-120-71-73-121-72-70-119-68-66-117-64-62-115-60-58-113-56-54-111-52-50-109-48-46-107-44-42-105-40-38-103-36-34-101-32-30-99-28-26-87-80(91)18-14-10-6-2-4-8-12-16-24-85(82(94)95,83(96)97)25-17-13-9-5-3-7-11-15-19-81(92)93/h75-77H,2-74H2,1H3,(H,86,98)(H,87,91)(H,92,93)(H,94,95)(H,96,97)/t75-,76+,77-/m1/s1. The number of nitrogens with one attached hydrogen (secondary N) is 2. The molecule has 5 N–H and O–H groups in total. The molecule has 2 aliphatic rings. The summed E-state index contributed by atoms with van der Waals surface area (Å²) in [5, 5.41) is 42.7. The Morgan fingerprint density at radius 3 is 0.869 bits per heavy atom. The molecule has 1 heterocycles. The van der Waals surface area contributed by atoms with Crippen LogP contribution in [0, 0.1) is 23.2 Å². The van der Waals surface area contributed by atoms with Gasteiger partial charge in [-0.1, -0.05) is 95.1 Å². The highest BCUT2D eigenvalue weighted by atomic mass is 16.6. The van der Waals surface area contributed by atoms with E-state index in [1.165, 1.54) is 5.69 Å². The van der Waals surface area contributed by atoms with Crippen LogP contribution in [-0.4, -0.2) is 384 Å². The van der Waals surface area contributed by atoms with E-state index in [1.54, 1.807) is 7.05 Å². The predicted molar refractivity (Wildman–Crippen MR) is 447 cm³/mol. The molecule has 1 fully saturated rings. The van der Waals surface area contributed by atoms with Gasteiger partial charge in [0.05, 0.1) is 328 Å². The van der Waals surface area contributed by atoms with Gasteiger partial charge in [-0.05, 0) is 69.1 Å². The molecule has 0 saturated heterocycles. The third-order valence-electron chi connectivity index (χ3n) is 20.0. The summed E-state index contributed by atoms with van der Waals surface area (Å²) >= 11 is 0. The lowest BCUT2D eigenvalue weighted by Gasteiger charge is -2.25. The number of carboxylic acids is 3. The van der Waals surface area contributed by atoms with Crippen LogP contribution < -0.4 is 10.6 Å². The Morgan fingerprint density at radius 1 is 0.336 bits per heavy atom. The van der Waals surface area contributed by atoms with E-state index in [9.17, 15) is 34.2 Å². The van der Waals surface area contributed by atoms with Crippen molar-refractivity contribution in [2.75, 3.05) is 324 Å². The topological polar surface area (TPSA) is 422 Å². The number of amides is 2. The molecule has 2 amide bonds. The fourth-order valence-corrected chi connectivity index (χ4v) is 13.1. The van der Waals surface area contributed by atoms with Crippen LogP contribution in [0.4, 0.5) is 4.79 Å². The minimum atomic E-state index is -1.74. The van der Waals surface area contributed by atoms with Gasteiger partial charge < -0.3 is 140 Å². The number of hydrogen-bond acceptors (Lipinski definition) is 31. The van der Waals surface area contributed by atoms with Crippen molar-refractivity contribution >= 4 is 29.9 Å². The number of hydrogen-bond donors (Lipinski definition) is 5. The minimum absolute atomic E-state index is 0.00183. The summed E-state index contributed by atoms with van der Waals surface area (Å²) in [6.45, 7) is 23.0. The number of carbonyl (C=O) groups excluding carboxylic acids is 2. The van der Waals surface area contributed by atoms with Gasteiger partial charge >= 0.3 is 24.0 Å². The molecule has 37 nitrogen and oxygen atoms in total. The lowest BCUT2D eigenvalue weighted by atomic mass is 9.78. The molecular weight excluding hydrogens is 1600 g/mol. The zero-order valence-corrected chi connectivity index (χ0v) is 73.9. The van der Waals surface area contributed by atoms with Gasteiger partial charge in [-0.15, -0.1) is 5.10 Å². The van der Waals surface area contributed by atoms with Gasteiger partial charge in [-0.25, -0.2) is 9.48 Å². The van der Waals surface area contributed by atoms with Crippen molar-refractivity contribution in [1.82, 2.24) is 25.6 Å². The molecule has 1 saturated carbocycles. The number of carbonyl (C=O) groups is 5. The number of aromatic nitrogens is 3. The lowest BCUT2D eigenvalue weighted by Crippen LogP contribution is -2.39. The molecule has 0 bridgehead atoms. The number of ether oxygens (including phenoxy) is 24. The Morgan fingerprint density at radius 2 is 0.590 bits per heavy atom. The van der Waals surface area contributed by atoms with Gasteiger partial charge in [0.1, 0.15) is 0 Å². The summed E-state index contributed by atoms with van der Waals surface area (Å²) in [7, 11) is 1.58. The van der Waals surface area contributed by atoms with Crippen molar-refractivity contribution in [1.29, 1.82) is 0 Å². The summed E-state index contributed by atoms with van der Waals surface area (Å²) in [6, 6.07) is 0. The smallest absolute Gasteiger partial charge is 0.406 e. The Hall–Kier alpha value is -4.63. The Balaban J connectivity index is 0.862. The molecule has 3 rings (SSSR count). The molecule has 2 aliphatic carbocycles.